The van der Waals surface area contributed by atoms with Gasteiger partial charge in [0.2, 0.25) is 0 Å². The molecule has 22 heavy (non-hydrogen) atoms. The molecule has 0 bridgehead atoms. The zero-order chi connectivity index (χ0) is 16.3. The lowest BCUT2D eigenvalue weighted by atomic mass is 9.94. The molecule has 0 radical (unpaired) electrons. The maximum atomic E-state index is 12.3. The number of non-ortho nitro benzene ring substituents is 1. The van der Waals surface area contributed by atoms with Gasteiger partial charge in [0, 0.05) is 29.6 Å². The highest BCUT2D eigenvalue weighted by atomic mass is 16.6. The molecular formula is C14H19N5O3. The molecule has 1 aromatic heterocycles. The summed E-state index contributed by atoms with van der Waals surface area (Å²) in [6, 6.07) is 4.23. The number of aromatic amines is 1. The van der Waals surface area contributed by atoms with Crippen LogP contribution in [0, 0.1) is 10.1 Å². The van der Waals surface area contributed by atoms with Gasteiger partial charge in [-0.05, 0) is 18.9 Å². The van der Waals surface area contributed by atoms with Crippen molar-refractivity contribution in [1.29, 1.82) is 0 Å². The second-order valence-electron chi connectivity index (χ2n) is 5.31. The van der Waals surface area contributed by atoms with Gasteiger partial charge >= 0.3 is 0 Å². The van der Waals surface area contributed by atoms with Gasteiger partial charge in [-0.3, -0.25) is 20.0 Å². The lowest BCUT2D eigenvalue weighted by Crippen LogP contribution is -2.49. The van der Waals surface area contributed by atoms with Crippen LogP contribution >= 0.6 is 0 Å². The molecule has 4 N–H and O–H groups in total. The van der Waals surface area contributed by atoms with Crippen molar-refractivity contribution in [3.8, 4) is 0 Å². The van der Waals surface area contributed by atoms with Crippen LogP contribution in [-0.4, -0.2) is 33.1 Å². The van der Waals surface area contributed by atoms with Gasteiger partial charge in [0.25, 0.3) is 11.6 Å². The summed E-state index contributed by atoms with van der Waals surface area (Å²) in [4.78, 5) is 22.6. The van der Waals surface area contributed by atoms with Crippen LogP contribution < -0.4 is 11.1 Å². The SMILES string of the molecule is CCC(N)(CC)CNC(=O)c1n[nH]c2ccc([N+](=O)[O-])cc12. The number of carbonyl (C=O) groups is 1. The molecule has 0 saturated heterocycles. The number of fused-ring (bicyclic) bond motifs is 1. The lowest BCUT2D eigenvalue weighted by Gasteiger charge is -2.26. The number of carbonyl (C=O) groups excluding carboxylic acids is 1. The first-order valence-corrected chi connectivity index (χ1v) is 7.10. The Bertz CT molecular complexity index is 706. The molecule has 0 spiro atoms. The maximum absolute atomic E-state index is 12.3. The van der Waals surface area contributed by atoms with Crippen molar-refractivity contribution in [2.24, 2.45) is 5.73 Å². The van der Waals surface area contributed by atoms with E-state index in [-0.39, 0.29) is 11.4 Å². The fourth-order valence-electron chi connectivity index (χ4n) is 2.13. The first-order chi connectivity index (χ1) is 10.4. The Balaban J connectivity index is 2.25. The van der Waals surface area contributed by atoms with E-state index in [1.54, 1.807) is 0 Å². The second kappa shape index (κ2) is 6.10. The van der Waals surface area contributed by atoms with Crippen molar-refractivity contribution in [1.82, 2.24) is 15.5 Å². The van der Waals surface area contributed by atoms with Crippen LogP contribution in [0.2, 0.25) is 0 Å². The average Bonchev–Trinajstić information content (AvgIpc) is 2.95. The summed E-state index contributed by atoms with van der Waals surface area (Å²) in [5.74, 6) is -0.400. The predicted molar refractivity (Wildman–Crippen MR) is 82.6 cm³/mol. The van der Waals surface area contributed by atoms with Crippen LogP contribution in [0.15, 0.2) is 18.2 Å². The summed E-state index contributed by atoms with van der Waals surface area (Å²) in [5, 5.41) is 20.7. The Hall–Kier alpha value is -2.48. The first-order valence-electron chi connectivity index (χ1n) is 7.10. The Morgan fingerprint density at radius 1 is 1.45 bits per heavy atom. The van der Waals surface area contributed by atoms with Gasteiger partial charge in [0.1, 0.15) is 0 Å². The van der Waals surface area contributed by atoms with Gasteiger partial charge in [0.05, 0.1) is 10.4 Å². The molecule has 1 aromatic carbocycles. The van der Waals surface area contributed by atoms with Gasteiger partial charge < -0.3 is 11.1 Å². The number of H-pyrrole nitrogens is 1. The monoisotopic (exact) mass is 305 g/mol. The zero-order valence-corrected chi connectivity index (χ0v) is 12.5. The topological polar surface area (TPSA) is 127 Å². The molecule has 1 heterocycles. The number of hydrogen-bond donors (Lipinski definition) is 3. The first kappa shape index (κ1) is 15.9. The Labute approximate surface area is 127 Å². The largest absolute Gasteiger partial charge is 0.349 e. The molecule has 0 fully saturated rings. The van der Waals surface area contributed by atoms with Crippen LogP contribution in [0.1, 0.15) is 37.2 Å². The third-order valence-electron chi connectivity index (χ3n) is 3.98. The highest BCUT2D eigenvalue weighted by Crippen LogP contribution is 2.22. The molecule has 2 aromatic rings. The van der Waals surface area contributed by atoms with Crippen LogP contribution in [0.5, 0.6) is 0 Å². The van der Waals surface area contributed by atoms with Crippen molar-refractivity contribution < 1.29 is 9.72 Å². The number of rotatable bonds is 6. The van der Waals surface area contributed by atoms with E-state index in [2.05, 4.69) is 15.5 Å². The van der Waals surface area contributed by atoms with E-state index >= 15 is 0 Å². The number of aromatic nitrogens is 2. The molecule has 0 aliphatic rings. The van der Waals surface area contributed by atoms with E-state index in [4.69, 9.17) is 5.73 Å². The number of nitro groups is 1. The van der Waals surface area contributed by atoms with Crippen molar-refractivity contribution >= 4 is 22.5 Å². The van der Waals surface area contributed by atoms with Crippen molar-refractivity contribution in [3.63, 3.8) is 0 Å². The van der Waals surface area contributed by atoms with E-state index in [1.165, 1.54) is 18.2 Å². The molecule has 0 unspecified atom stereocenters. The maximum Gasteiger partial charge on any atom is 0.272 e. The lowest BCUT2D eigenvalue weighted by molar-refractivity contribution is -0.384. The molecule has 8 heteroatoms. The molecule has 0 aliphatic carbocycles. The summed E-state index contributed by atoms with van der Waals surface area (Å²) in [6.07, 6.45) is 1.47. The van der Waals surface area contributed by atoms with Gasteiger partial charge in [-0.25, -0.2) is 0 Å². The van der Waals surface area contributed by atoms with Crippen molar-refractivity contribution in [3.05, 3.63) is 34.0 Å². The summed E-state index contributed by atoms with van der Waals surface area (Å²) in [7, 11) is 0. The van der Waals surface area contributed by atoms with Gasteiger partial charge in [-0.15, -0.1) is 0 Å². The predicted octanol–water partition coefficient (Wildman–Crippen LogP) is 1.72. The minimum Gasteiger partial charge on any atom is -0.349 e. The molecule has 0 saturated carbocycles. The highest BCUT2D eigenvalue weighted by Gasteiger charge is 2.23. The third-order valence-corrected chi connectivity index (χ3v) is 3.98. The molecule has 8 nitrogen and oxygen atoms in total. The number of amides is 1. The fraction of sp³-hybridized carbons (Fsp3) is 0.429. The number of nitrogens with zero attached hydrogens (tertiary/aromatic N) is 2. The minimum absolute atomic E-state index is 0.0850. The Morgan fingerprint density at radius 2 is 2.14 bits per heavy atom. The van der Waals surface area contributed by atoms with Crippen LogP contribution in [0.3, 0.4) is 0 Å². The molecule has 0 atom stereocenters. The molecular weight excluding hydrogens is 286 g/mol. The molecule has 2 rings (SSSR count). The summed E-state index contributed by atoms with van der Waals surface area (Å²) >= 11 is 0. The average molecular weight is 305 g/mol. The summed E-state index contributed by atoms with van der Waals surface area (Å²) in [6.45, 7) is 4.24. The second-order valence-corrected chi connectivity index (χ2v) is 5.31. The highest BCUT2D eigenvalue weighted by molar-refractivity contribution is 6.05. The van der Waals surface area contributed by atoms with Crippen LogP contribution in [0.4, 0.5) is 5.69 Å². The van der Waals surface area contributed by atoms with E-state index in [1.807, 2.05) is 13.8 Å². The number of hydrogen-bond acceptors (Lipinski definition) is 5. The Morgan fingerprint density at radius 3 is 2.73 bits per heavy atom. The molecule has 118 valence electrons. The summed E-state index contributed by atoms with van der Waals surface area (Å²) < 4.78 is 0. The van der Waals surface area contributed by atoms with Gasteiger partial charge in [-0.1, -0.05) is 13.8 Å². The van der Waals surface area contributed by atoms with E-state index in [9.17, 15) is 14.9 Å². The molecule has 1 amide bonds. The van der Waals surface area contributed by atoms with Gasteiger partial charge in [0.15, 0.2) is 5.69 Å². The number of nitrogens with two attached hydrogens (primary N) is 1. The van der Waals surface area contributed by atoms with Crippen molar-refractivity contribution in [2.75, 3.05) is 6.54 Å². The van der Waals surface area contributed by atoms with E-state index < -0.39 is 16.4 Å². The van der Waals surface area contributed by atoms with Gasteiger partial charge in [-0.2, -0.15) is 5.10 Å². The van der Waals surface area contributed by atoms with E-state index in [0.717, 1.165) is 12.8 Å². The molecule has 0 aliphatic heterocycles. The number of nitro benzene ring substituents is 1. The minimum atomic E-state index is -0.507. The van der Waals surface area contributed by atoms with Crippen LogP contribution in [0.25, 0.3) is 10.9 Å². The quantitative estimate of drug-likeness (QED) is 0.553. The van der Waals surface area contributed by atoms with E-state index in [0.29, 0.717) is 17.4 Å². The number of benzene rings is 1. The zero-order valence-electron chi connectivity index (χ0n) is 12.5. The fourth-order valence-corrected chi connectivity index (χ4v) is 2.13. The standard InChI is InChI=1S/C14H19N5O3/c1-3-14(15,4-2)8-16-13(20)12-10-7-9(19(21)22)5-6-11(10)17-18-12/h5-7H,3-4,8,15H2,1-2H3,(H,16,20)(H,17,18). The van der Waals surface area contributed by atoms with Crippen molar-refractivity contribution in [2.45, 2.75) is 32.2 Å². The smallest absolute Gasteiger partial charge is 0.272 e. The number of nitrogens with one attached hydrogen (secondary N) is 2. The summed E-state index contributed by atoms with van der Waals surface area (Å²) in [5.41, 5.74) is 6.30. The third kappa shape index (κ3) is 3.06. The normalized spacial score (nSPS) is 11.6. The van der Waals surface area contributed by atoms with Crippen LogP contribution in [-0.2, 0) is 0 Å². The Kier molecular flexibility index (Phi) is 4.41.